The van der Waals surface area contributed by atoms with Gasteiger partial charge in [-0.25, -0.2) is 13.2 Å². The van der Waals surface area contributed by atoms with E-state index in [0.717, 1.165) is 12.1 Å². The smallest absolute Gasteiger partial charge is 0.228 e. The van der Waals surface area contributed by atoms with Crippen molar-refractivity contribution in [3.8, 4) is 11.4 Å². The zero-order chi connectivity index (χ0) is 14.2. The molecule has 1 heterocycles. The molecule has 2 aromatic rings. The molecule has 0 aliphatic rings. The minimum atomic E-state index is -1.53. The molecule has 2 N–H and O–H groups in total. The molecule has 0 bridgehead atoms. The molecule has 0 saturated carbocycles. The second kappa shape index (κ2) is 4.65. The zero-order valence-corrected chi connectivity index (χ0v) is 10.4. The van der Waals surface area contributed by atoms with E-state index in [1.807, 2.05) is 0 Å². The number of nitrogens with zero attached hydrogens (tertiary/aromatic N) is 2. The second-order valence-corrected chi connectivity index (χ2v) is 4.93. The Morgan fingerprint density at radius 1 is 1.21 bits per heavy atom. The average Bonchev–Trinajstić information content (AvgIpc) is 2.71. The fourth-order valence-corrected chi connectivity index (χ4v) is 1.52. The minimum Gasteiger partial charge on any atom is -0.339 e. The molecule has 7 heteroatoms. The molecule has 0 unspecified atom stereocenters. The van der Waals surface area contributed by atoms with Crippen LogP contribution in [-0.4, -0.2) is 15.7 Å². The molecule has 0 fully saturated rings. The van der Waals surface area contributed by atoms with E-state index < -0.39 is 23.0 Å². The molecule has 1 aromatic heterocycles. The number of hydrogen-bond acceptors (Lipinski definition) is 4. The third-order valence-electron chi connectivity index (χ3n) is 2.32. The Bertz CT molecular complexity index is 582. The lowest BCUT2D eigenvalue weighted by Crippen LogP contribution is -2.34. The summed E-state index contributed by atoms with van der Waals surface area (Å²) < 4.78 is 43.9. The molecule has 19 heavy (non-hydrogen) atoms. The molecule has 1 aromatic carbocycles. The lowest BCUT2D eigenvalue weighted by molar-refractivity contribution is 0.348. The quantitative estimate of drug-likeness (QED) is 0.871. The Labute approximate surface area is 107 Å². The van der Waals surface area contributed by atoms with Crippen molar-refractivity contribution in [3.05, 3.63) is 35.5 Å². The monoisotopic (exact) mass is 271 g/mol. The predicted molar refractivity (Wildman–Crippen MR) is 61.6 cm³/mol. The molecule has 2 rings (SSSR count). The van der Waals surface area contributed by atoms with Gasteiger partial charge in [-0.1, -0.05) is 5.16 Å². The maximum Gasteiger partial charge on any atom is 0.228 e. The van der Waals surface area contributed by atoms with Gasteiger partial charge in [0.25, 0.3) is 0 Å². The molecule has 0 aliphatic carbocycles. The Kier molecular flexibility index (Phi) is 3.32. The summed E-state index contributed by atoms with van der Waals surface area (Å²) in [7, 11) is 0. The SMILES string of the molecule is CC(C)(N)Cc1nc(-c2cc(F)c(F)c(F)c2)no1. The number of benzene rings is 1. The van der Waals surface area contributed by atoms with Crippen LogP contribution in [0.15, 0.2) is 16.7 Å². The lowest BCUT2D eigenvalue weighted by atomic mass is 10.0. The number of rotatable bonds is 3. The maximum atomic E-state index is 13.1. The average molecular weight is 271 g/mol. The first kappa shape index (κ1) is 13.5. The van der Waals surface area contributed by atoms with Crippen LogP contribution in [0, 0.1) is 17.5 Å². The summed E-state index contributed by atoms with van der Waals surface area (Å²) >= 11 is 0. The number of hydrogen-bond donors (Lipinski definition) is 1. The van der Waals surface area contributed by atoms with Gasteiger partial charge in [-0.2, -0.15) is 4.98 Å². The van der Waals surface area contributed by atoms with Crippen LogP contribution in [0.2, 0.25) is 0 Å². The van der Waals surface area contributed by atoms with Crippen LogP contribution in [0.3, 0.4) is 0 Å². The summed E-state index contributed by atoms with van der Waals surface area (Å²) in [6.45, 7) is 3.54. The topological polar surface area (TPSA) is 64.9 Å². The largest absolute Gasteiger partial charge is 0.339 e. The fraction of sp³-hybridized carbons (Fsp3) is 0.333. The van der Waals surface area contributed by atoms with E-state index in [-0.39, 0.29) is 17.3 Å². The third kappa shape index (κ3) is 3.11. The number of halogens is 3. The molecule has 0 amide bonds. The van der Waals surface area contributed by atoms with Crippen LogP contribution in [0.25, 0.3) is 11.4 Å². The van der Waals surface area contributed by atoms with Gasteiger partial charge in [0.2, 0.25) is 11.7 Å². The molecule has 102 valence electrons. The molecule has 4 nitrogen and oxygen atoms in total. The first-order chi connectivity index (χ1) is 8.76. The van der Waals surface area contributed by atoms with Crippen molar-refractivity contribution < 1.29 is 17.7 Å². The maximum absolute atomic E-state index is 13.1. The van der Waals surface area contributed by atoms with Crippen molar-refractivity contribution in [3.63, 3.8) is 0 Å². The summed E-state index contributed by atoms with van der Waals surface area (Å²) in [5, 5.41) is 3.59. The summed E-state index contributed by atoms with van der Waals surface area (Å²) in [6, 6.07) is 1.61. The van der Waals surface area contributed by atoms with E-state index in [1.54, 1.807) is 13.8 Å². The standard InChI is InChI=1S/C12H12F3N3O/c1-12(2,16)5-9-17-11(18-19-9)6-3-7(13)10(15)8(14)4-6/h3-4H,5,16H2,1-2H3. The Balaban J connectivity index is 2.33. The normalized spacial score (nSPS) is 11.9. The highest BCUT2D eigenvalue weighted by Gasteiger charge is 2.19. The van der Waals surface area contributed by atoms with Crippen LogP contribution in [0.1, 0.15) is 19.7 Å². The molecular formula is C12H12F3N3O. The van der Waals surface area contributed by atoms with Gasteiger partial charge in [0.05, 0.1) is 0 Å². The molecular weight excluding hydrogens is 259 g/mol. The van der Waals surface area contributed by atoms with Gasteiger partial charge in [0, 0.05) is 17.5 Å². The van der Waals surface area contributed by atoms with Gasteiger partial charge in [-0.15, -0.1) is 0 Å². The van der Waals surface area contributed by atoms with Crippen molar-refractivity contribution in [2.45, 2.75) is 25.8 Å². The number of aromatic nitrogens is 2. The van der Waals surface area contributed by atoms with Crippen LogP contribution in [-0.2, 0) is 6.42 Å². The Morgan fingerprint density at radius 3 is 2.32 bits per heavy atom. The number of nitrogens with two attached hydrogens (primary N) is 1. The molecule has 0 atom stereocenters. The van der Waals surface area contributed by atoms with Crippen LogP contribution >= 0.6 is 0 Å². The van der Waals surface area contributed by atoms with Crippen LogP contribution < -0.4 is 5.73 Å². The van der Waals surface area contributed by atoms with E-state index in [2.05, 4.69) is 10.1 Å². The second-order valence-electron chi connectivity index (χ2n) is 4.93. The van der Waals surface area contributed by atoms with E-state index in [9.17, 15) is 13.2 Å². The van der Waals surface area contributed by atoms with Gasteiger partial charge in [-0.05, 0) is 26.0 Å². The Morgan fingerprint density at radius 2 is 1.79 bits per heavy atom. The van der Waals surface area contributed by atoms with Crippen molar-refractivity contribution in [2.75, 3.05) is 0 Å². The molecule has 0 spiro atoms. The summed E-state index contributed by atoms with van der Waals surface area (Å²) in [4.78, 5) is 3.96. The van der Waals surface area contributed by atoms with Gasteiger partial charge in [0.15, 0.2) is 17.5 Å². The van der Waals surface area contributed by atoms with Crippen molar-refractivity contribution >= 4 is 0 Å². The highest BCUT2D eigenvalue weighted by molar-refractivity contribution is 5.54. The highest BCUT2D eigenvalue weighted by atomic mass is 19.2. The van der Waals surface area contributed by atoms with Gasteiger partial charge in [-0.3, -0.25) is 0 Å². The summed E-state index contributed by atoms with van der Waals surface area (Å²) in [6.07, 6.45) is 0.312. The fourth-order valence-electron chi connectivity index (χ4n) is 1.52. The molecule has 0 aliphatic heterocycles. The van der Waals surface area contributed by atoms with Crippen molar-refractivity contribution in [1.82, 2.24) is 10.1 Å². The summed E-state index contributed by atoms with van der Waals surface area (Å²) in [5.74, 6) is -3.92. The highest BCUT2D eigenvalue weighted by Crippen LogP contribution is 2.22. The van der Waals surface area contributed by atoms with E-state index >= 15 is 0 Å². The Hall–Kier alpha value is -1.89. The van der Waals surface area contributed by atoms with Gasteiger partial charge >= 0.3 is 0 Å². The summed E-state index contributed by atoms with van der Waals surface area (Å²) in [5.41, 5.74) is 5.23. The van der Waals surface area contributed by atoms with E-state index in [1.165, 1.54) is 0 Å². The first-order valence-corrected chi connectivity index (χ1v) is 5.52. The van der Waals surface area contributed by atoms with Gasteiger partial charge in [0.1, 0.15) is 0 Å². The molecule has 0 saturated heterocycles. The first-order valence-electron chi connectivity index (χ1n) is 5.52. The van der Waals surface area contributed by atoms with E-state index in [0.29, 0.717) is 6.42 Å². The molecule has 0 radical (unpaired) electrons. The lowest BCUT2D eigenvalue weighted by Gasteiger charge is -2.14. The zero-order valence-electron chi connectivity index (χ0n) is 10.4. The van der Waals surface area contributed by atoms with Crippen LogP contribution in [0.5, 0.6) is 0 Å². The van der Waals surface area contributed by atoms with Crippen LogP contribution in [0.4, 0.5) is 13.2 Å². The predicted octanol–water partition coefficient (Wildman–Crippen LogP) is 2.43. The van der Waals surface area contributed by atoms with Crippen molar-refractivity contribution in [2.24, 2.45) is 5.73 Å². The van der Waals surface area contributed by atoms with E-state index in [4.69, 9.17) is 10.3 Å². The van der Waals surface area contributed by atoms with Crippen molar-refractivity contribution in [1.29, 1.82) is 0 Å². The van der Waals surface area contributed by atoms with Gasteiger partial charge < -0.3 is 10.3 Å². The minimum absolute atomic E-state index is 0.00114. The third-order valence-corrected chi connectivity index (χ3v) is 2.32.